The molecule has 0 aromatic heterocycles. The lowest BCUT2D eigenvalue weighted by atomic mass is 10.1. The van der Waals surface area contributed by atoms with E-state index in [1.165, 1.54) is 0 Å². The normalized spacial score (nSPS) is 12.2. The maximum Gasteiger partial charge on any atom is 0.228 e. The Bertz CT molecular complexity index is 393. The van der Waals surface area contributed by atoms with Gasteiger partial charge in [0.25, 0.3) is 0 Å². The number of carbonyl (C=O) groups excluding carboxylic acids is 1. The van der Waals surface area contributed by atoms with Crippen molar-refractivity contribution in [2.75, 3.05) is 18.9 Å². The predicted octanol–water partition coefficient (Wildman–Crippen LogP) is 2.81. The zero-order valence-electron chi connectivity index (χ0n) is 10.5. The van der Waals surface area contributed by atoms with Gasteiger partial charge in [0.15, 0.2) is 0 Å². The molecule has 0 fully saturated rings. The third-order valence-corrected chi connectivity index (χ3v) is 3.16. The van der Waals surface area contributed by atoms with Crippen molar-refractivity contribution in [1.82, 2.24) is 5.32 Å². The van der Waals surface area contributed by atoms with E-state index >= 15 is 0 Å². The molecule has 3 nitrogen and oxygen atoms in total. The summed E-state index contributed by atoms with van der Waals surface area (Å²) in [5.41, 5.74) is 2.05. The molecule has 17 heavy (non-hydrogen) atoms. The zero-order chi connectivity index (χ0) is 12.8. The van der Waals surface area contributed by atoms with Gasteiger partial charge < -0.3 is 10.6 Å². The van der Waals surface area contributed by atoms with Gasteiger partial charge in [-0.05, 0) is 37.2 Å². The van der Waals surface area contributed by atoms with Crippen LogP contribution < -0.4 is 10.6 Å². The summed E-state index contributed by atoms with van der Waals surface area (Å²) in [6.07, 6.45) is 0.898. The van der Waals surface area contributed by atoms with Gasteiger partial charge in [-0.3, -0.25) is 4.79 Å². The summed E-state index contributed by atoms with van der Waals surface area (Å²) >= 11 is 3.43. The molecule has 1 rings (SSSR count). The summed E-state index contributed by atoms with van der Waals surface area (Å²) in [4.78, 5) is 11.9. The number of nitrogens with one attached hydrogen (secondary N) is 2. The SMILES string of the molecule is CCc1cc(Br)ccc1NC(=O)C(C)CNC. The van der Waals surface area contributed by atoms with Gasteiger partial charge in [0, 0.05) is 22.6 Å². The van der Waals surface area contributed by atoms with Gasteiger partial charge in [-0.25, -0.2) is 0 Å². The highest BCUT2D eigenvalue weighted by molar-refractivity contribution is 9.10. The monoisotopic (exact) mass is 298 g/mol. The Labute approximate surface area is 111 Å². The molecule has 0 radical (unpaired) electrons. The summed E-state index contributed by atoms with van der Waals surface area (Å²) in [6.45, 7) is 4.68. The van der Waals surface area contributed by atoms with E-state index in [4.69, 9.17) is 0 Å². The van der Waals surface area contributed by atoms with Crippen molar-refractivity contribution >= 4 is 27.5 Å². The second kappa shape index (κ2) is 6.77. The molecule has 0 saturated carbocycles. The smallest absolute Gasteiger partial charge is 0.228 e. The van der Waals surface area contributed by atoms with Crippen molar-refractivity contribution in [1.29, 1.82) is 0 Å². The largest absolute Gasteiger partial charge is 0.326 e. The first-order valence-electron chi connectivity index (χ1n) is 5.82. The highest BCUT2D eigenvalue weighted by Crippen LogP contribution is 2.22. The fourth-order valence-corrected chi connectivity index (χ4v) is 2.04. The van der Waals surface area contributed by atoms with Gasteiger partial charge in [-0.2, -0.15) is 0 Å². The molecule has 0 aliphatic carbocycles. The number of aryl methyl sites for hydroxylation is 1. The first-order chi connectivity index (χ1) is 8.08. The van der Waals surface area contributed by atoms with E-state index in [9.17, 15) is 4.79 Å². The Morgan fingerprint density at radius 2 is 2.18 bits per heavy atom. The molecular formula is C13H19BrN2O. The maximum atomic E-state index is 11.9. The molecule has 1 aromatic rings. The van der Waals surface area contributed by atoms with Crippen LogP contribution in [-0.4, -0.2) is 19.5 Å². The molecule has 0 spiro atoms. The van der Waals surface area contributed by atoms with Crippen LogP contribution in [0.25, 0.3) is 0 Å². The number of anilines is 1. The van der Waals surface area contributed by atoms with Crippen LogP contribution in [0.1, 0.15) is 19.4 Å². The van der Waals surface area contributed by atoms with Crippen LogP contribution in [0.15, 0.2) is 22.7 Å². The van der Waals surface area contributed by atoms with E-state index in [1.54, 1.807) is 0 Å². The Morgan fingerprint density at radius 1 is 1.47 bits per heavy atom. The third-order valence-electron chi connectivity index (χ3n) is 2.66. The second-order valence-electron chi connectivity index (χ2n) is 4.10. The number of amides is 1. The lowest BCUT2D eigenvalue weighted by Crippen LogP contribution is -2.28. The van der Waals surface area contributed by atoms with Crippen molar-refractivity contribution in [3.63, 3.8) is 0 Å². The van der Waals surface area contributed by atoms with E-state index in [1.807, 2.05) is 32.2 Å². The number of hydrogen-bond acceptors (Lipinski definition) is 2. The molecule has 2 N–H and O–H groups in total. The Balaban J connectivity index is 2.77. The van der Waals surface area contributed by atoms with Crippen LogP contribution in [0.4, 0.5) is 5.69 Å². The van der Waals surface area contributed by atoms with E-state index in [2.05, 4.69) is 33.5 Å². The average molecular weight is 299 g/mol. The lowest BCUT2D eigenvalue weighted by molar-refractivity contribution is -0.119. The number of carbonyl (C=O) groups is 1. The Kier molecular flexibility index (Phi) is 5.65. The van der Waals surface area contributed by atoms with Crippen molar-refractivity contribution in [2.45, 2.75) is 20.3 Å². The molecule has 1 atom stereocenters. The molecule has 0 heterocycles. The molecular weight excluding hydrogens is 280 g/mol. The minimum absolute atomic E-state index is 0.0339. The fourth-order valence-electron chi connectivity index (χ4n) is 1.63. The van der Waals surface area contributed by atoms with E-state index in [-0.39, 0.29) is 11.8 Å². The van der Waals surface area contributed by atoms with Crippen LogP contribution in [0.5, 0.6) is 0 Å². The van der Waals surface area contributed by atoms with Gasteiger partial charge in [-0.15, -0.1) is 0 Å². The predicted molar refractivity (Wildman–Crippen MR) is 75.2 cm³/mol. The minimum atomic E-state index is -0.0339. The van der Waals surface area contributed by atoms with Crippen molar-refractivity contribution in [3.8, 4) is 0 Å². The molecule has 1 unspecified atom stereocenters. The summed E-state index contributed by atoms with van der Waals surface area (Å²) < 4.78 is 1.04. The summed E-state index contributed by atoms with van der Waals surface area (Å²) in [6, 6.07) is 5.92. The summed E-state index contributed by atoms with van der Waals surface area (Å²) in [5.74, 6) is 0.0183. The van der Waals surface area contributed by atoms with E-state index in [0.717, 1.165) is 22.1 Å². The van der Waals surface area contributed by atoms with Gasteiger partial charge >= 0.3 is 0 Å². The van der Waals surface area contributed by atoms with Gasteiger partial charge in [0.1, 0.15) is 0 Å². The Hall–Kier alpha value is -0.870. The van der Waals surface area contributed by atoms with Crippen LogP contribution in [0, 0.1) is 5.92 Å². The van der Waals surface area contributed by atoms with Gasteiger partial charge in [0.2, 0.25) is 5.91 Å². The summed E-state index contributed by atoms with van der Waals surface area (Å²) in [5, 5.41) is 5.98. The molecule has 4 heteroatoms. The lowest BCUT2D eigenvalue weighted by Gasteiger charge is -2.14. The quantitative estimate of drug-likeness (QED) is 0.878. The molecule has 0 aliphatic rings. The van der Waals surface area contributed by atoms with Gasteiger partial charge in [-0.1, -0.05) is 29.8 Å². The summed E-state index contributed by atoms with van der Waals surface area (Å²) in [7, 11) is 1.85. The number of benzene rings is 1. The molecule has 0 aliphatic heterocycles. The zero-order valence-corrected chi connectivity index (χ0v) is 12.1. The standard InChI is InChI=1S/C13H19BrN2O/c1-4-10-7-11(14)5-6-12(10)16-13(17)9(2)8-15-3/h5-7,9,15H,4,8H2,1-3H3,(H,16,17). The number of halogens is 1. The van der Waals surface area contributed by atoms with Crippen LogP contribution in [0.2, 0.25) is 0 Å². The number of rotatable bonds is 5. The molecule has 1 amide bonds. The molecule has 0 saturated heterocycles. The molecule has 1 aromatic carbocycles. The average Bonchev–Trinajstić information content (AvgIpc) is 2.31. The van der Waals surface area contributed by atoms with Crippen LogP contribution in [0.3, 0.4) is 0 Å². The van der Waals surface area contributed by atoms with Gasteiger partial charge in [0.05, 0.1) is 0 Å². The minimum Gasteiger partial charge on any atom is -0.326 e. The highest BCUT2D eigenvalue weighted by atomic mass is 79.9. The van der Waals surface area contributed by atoms with Crippen molar-refractivity contribution in [3.05, 3.63) is 28.2 Å². The number of hydrogen-bond donors (Lipinski definition) is 2. The second-order valence-corrected chi connectivity index (χ2v) is 5.02. The van der Waals surface area contributed by atoms with Crippen LogP contribution in [-0.2, 0) is 11.2 Å². The maximum absolute atomic E-state index is 11.9. The van der Waals surface area contributed by atoms with E-state index < -0.39 is 0 Å². The molecule has 0 bridgehead atoms. The van der Waals surface area contributed by atoms with Crippen molar-refractivity contribution in [2.24, 2.45) is 5.92 Å². The van der Waals surface area contributed by atoms with E-state index in [0.29, 0.717) is 6.54 Å². The van der Waals surface area contributed by atoms with Crippen molar-refractivity contribution < 1.29 is 4.79 Å². The Morgan fingerprint density at radius 3 is 2.76 bits per heavy atom. The first kappa shape index (κ1) is 14.2. The first-order valence-corrected chi connectivity index (χ1v) is 6.61. The third kappa shape index (κ3) is 4.13. The fraction of sp³-hybridized carbons (Fsp3) is 0.462. The topological polar surface area (TPSA) is 41.1 Å². The molecule has 94 valence electrons. The van der Waals surface area contributed by atoms with Crippen LogP contribution >= 0.6 is 15.9 Å². The highest BCUT2D eigenvalue weighted by Gasteiger charge is 2.13.